The van der Waals surface area contributed by atoms with Gasteiger partial charge in [0.05, 0.1) is 11.2 Å². The van der Waals surface area contributed by atoms with Gasteiger partial charge in [-0.2, -0.15) is 0 Å². The minimum Gasteiger partial charge on any atom is -0.456 e. The predicted octanol–water partition coefficient (Wildman–Crippen LogP) is 6.62. The van der Waals surface area contributed by atoms with Crippen LogP contribution in [0.1, 0.15) is 51.3 Å². The summed E-state index contributed by atoms with van der Waals surface area (Å²) in [4.78, 5) is 37.3. The van der Waals surface area contributed by atoms with E-state index in [4.69, 9.17) is 18.9 Å². The second-order valence-corrected chi connectivity index (χ2v) is 12.8. The molecule has 0 saturated carbocycles. The van der Waals surface area contributed by atoms with Gasteiger partial charge < -0.3 is 18.9 Å². The van der Waals surface area contributed by atoms with E-state index in [1.807, 2.05) is 105 Å². The molecule has 9 heteroatoms. The van der Waals surface area contributed by atoms with E-state index in [2.05, 4.69) is 0 Å². The Bertz CT molecular complexity index is 1190. The first kappa shape index (κ1) is 34.2. The van der Waals surface area contributed by atoms with Crippen LogP contribution < -0.4 is 0 Å². The number of hydrogen-bond donors (Lipinski definition) is 0. The van der Waals surface area contributed by atoms with Crippen molar-refractivity contribution in [2.75, 3.05) is 18.1 Å². The van der Waals surface area contributed by atoms with E-state index in [-0.39, 0.29) is 11.2 Å². The zero-order chi connectivity index (χ0) is 31.2. The SMILES string of the molecule is CCSC(SCC)[C@@H](OC(C)=O)[C@@H](OC(C)=O)[C@@H](COC(c1ccccc1)(c1ccccc1)c1ccccc1)OC(C)=O. The Morgan fingerprint density at radius 1 is 0.605 bits per heavy atom. The molecular formula is C34H40O7S2. The molecule has 7 nitrogen and oxygen atoms in total. The molecule has 0 spiro atoms. The molecular weight excluding hydrogens is 585 g/mol. The largest absolute Gasteiger partial charge is 0.456 e. The second-order valence-electron chi connectivity index (χ2n) is 9.67. The number of benzene rings is 3. The van der Waals surface area contributed by atoms with Crippen molar-refractivity contribution < 1.29 is 33.3 Å². The molecule has 0 aliphatic carbocycles. The Labute approximate surface area is 263 Å². The number of carbonyl (C=O) groups is 3. The highest BCUT2D eigenvalue weighted by Gasteiger charge is 2.45. The monoisotopic (exact) mass is 624 g/mol. The van der Waals surface area contributed by atoms with E-state index in [1.54, 1.807) is 23.5 Å². The molecule has 3 aromatic rings. The minimum atomic E-state index is -1.13. The summed E-state index contributed by atoms with van der Waals surface area (Å²) in [7, 11) is 0. The zero-order valence-electron chi connectivity index (χ0n) is 25.3. The predicted molar refractivity (Wildman–Crippen MR) is 172 cm³/mol. The van der Waals surface area contributed by atoms with Gasteiger partial charge in [-0.05, 0) is 28.2 Å². The lowest BCUT2D eigenvalue weighted by Crippen LogP contribution is -2.51. The van der Waals surface area contributed by atoms with Crippen molar-refractivity contribution in [1.29, 1.82) is 0 Å². The molecule has 230 valence electrons. The fraction of sp³-hybridized carbons (Fsp3) is 0.382. The van der Waals surface area contributed by atoms with E-state index in [1.165, 1.54) is 20.8 Å². The molecule has 0 N–H and O–H groups in total. The van der Waals surface area contributed by atoms with Crippen LogP contribution in [-0.2, 0) is 38.9 Å². The molecule has 43 heavy (non-hydrogen) atoms. The maximum Gasteiger partial charge on any atom is 0.303 e. The molecule has 0 amide bonds. The van der Waals surface area contributed by atoms with Crippen molar-refractivity contribution in [2.45, 2.75) is 63.1 Å². The van der Waals surface area contributed by atoms with Gasteiger partial charge in [0, 0.05) is 20.8 Å². The lowest BCUT2D eigenvalue weighted by molar-refractivity contribution is -0.189. The van der Waals surface area contributed by atoms with Crippen molar-refractivity contribution in [3.05, 3.63) is 108 Å². The molecule has 3 rings (SSSR count). The number of thioether (sulfide) groups is 2. The highest BCUT2D eigenvalue weighted by molar-refractivity contribution is 8.17. The van der Waals surface area contributed by atoms with E-state index < -0.39 is 41.8 Å². The second kappa shape index (κ2) is 17.1. The van der Waals surface area contributed by atoms with Crippen molar-refractivity contribution in [1.82, 2.24) is 0 Å². The smallest absolute Gasteiger partial charge is 0.303 e. The first-order valence-electron chi connectivity index (χ1n) is 14.3. The van der Waals surface area contributed by atoms with Gasteiger partial charge in [-0.25, -0.2) is 0 Å². The summed E-state index contributed by atoms with van der Waals surface area (Å²) in [5.74, 6) is -0.247. The van der Waals surface area contributed by atoms with Crippen molar-refractivity contribution in [3.63, 3.8) is 0 Å². The zero-order valence-corrected chi connectivity index (χ0v) is 26.9. The Morgan fingerprint density at radius 2 is 0.977 bits per heavy atom. The van der Waals surface area contributed by atoms with Gasteiger partial charge in [-0.3, -0.25) is 14.4 Å². The van der Waals surface area contributed by atoms with E-state index in [0.29, 0.717) is 0 Å². The van der Waals surface area contributed by atoms with Crippen LogP contribution in [0, 0.1) is 0 Å². The minimum absolute atomic E-state index is 0.172. The molecule has 0 fully saturated rings. The van der Waals surface area contributed by atoms with E-state index in [9.17, 15) is 14.4 Å². The van der Waals surface area contributed by atoms with Crippen LogP contribution in [0.25, 0.3) is 0 Å². The quantitative estimate of drug-likeness (QED) is 0.0755. The Balaban J connectivity index is 2.18. The highest BCUT2D eigenvalue weighted by atomic mass is 32.2. The van der Waals surface area contributed by atoms with Crippen molar-refractivity contribution >= 4 is 41.4 Å². The molecule has 3 aromatic carbocycles. The summed E-state index contributed by atoms with van der Waals surface area (Å²) >= 11 is 3.14. The van der Waals surface area contributed by atoms with Gasteiger partial charge in [-0.1, -0.05) is 105 Å². The lowest BCUT2D eigenvalue weighted by atomic mass is 9.80. The van der Waals surface area contributed by atoms with Crippen LogP contribution in [0.2, 0.25) is 0 Å². The molecule has 0 aliphatic rings. The number of ether oxygens (including phenoxy) is 4. The third-order valence-electron chi connectivity index (χ3n) is 6.55. The highest BCUT2D eigenvalue weighted by Crippen LogP contribution is 2.41. The van der Waals surface area contributed by atoms with Gasteiger partial charge in [0.2, 0.25) is 0 Å². The summed E-state index contributed by atoms with van der Waals surface area (Å²) in [6, 6.07) is 29.3. The summed E-state index contributed by atoms with van der Waals surface area (Å²) in [6.07, 6.45) is -3.14. The first-order chi connectivity index (χ1) is 20.7. The fourth-order valence-corrected chi connectivity index (χ4v) is 7.63. The van der Waals surface area contributed by atoms with Crippen molar-refractivity contribution in [2.24, 2.45) is 0 Å². The number of hydrogen-bond acceptors (Lipinski definition) is 9. The number of esters is 3. The summed E-state index contributed by atoms with van der Waals surface area (Å²) in [6.45, 7) is 7.70. The molecule has 0 radical (unpaired) electrons. The lowest BCUT2D eigenvalue weighted by Gasteiger charge is -2.39. The standard InChI is InChI=1S/C34H40O7S2/c1-6-42-33(43-7-2)32(41-26(5)37)31(40-25(4)36)30(39-24(3)35)23-38-34(27-17-11-8-12-18-27,28-19-13-9-14-20-28)29-21-15-10-16-22-29/h8-22,30-33H,6-7,23H2,1-5H3/t30-,31+,32+/m1/s1. The molecule has 0 aliphatic heterocycles. The average Bonchev–Trinajstić information content (AvgIpc) is 3.00. The summed E-state index contributed by atoms with van der Waals surface area (Å²) < 4.78 is 24.1. The maximum absolute atomic E-state index is 12.5. The number of carbonyl (C=O) groups excluding carboxylic acids is 3. The third-order valence-corrected chi connectivity index (χ3v) is 9.22. The van der Waals surface area contributed by atoms with E-state index >= 15 is 0 Å². The number of rotatable bonds is 16. The maximum atomic E-state index is 12.5. The molecule has 0 saturated heterocycles. The van der Waals surface area contributed by atoms with Gasteiger partial charge >= 0.3 is 17.9 Å². The van der Waals surface area contributed by atoms with Crippen LogP contribution in [0.15, 0.2) is 91.0 Å². The Kier molecular flexibility index (Phi) is 13.6. The first-order valence-corrected chi connectivity index (χ1v) is 16.4. The third kappa shape index (κ3) is 9.36. The summed E-state index contributed by atoms with van der Waals surface area (Å²) in [5.41, 5.74) is 1.46. The summed E-state index contributed by atoms with van der Waals surface area (Å²) in [5, 5.41) is 0. The van der Waals surface area contributed by atoms with Crippen LogP contribution in [0.3, 0.4) is 0 Å². The van der Waals surface area contributed by atoms with Crippen LogP contribution >= 0.6 is 23.5 Å². The fourth-order valence-electron chi connectivity index (χ4n) is 4.97. The molecule has 0 unspecified atom stereocenters. The van der Waals surface area contributed by atoms with Crippen molar-refractivity contribution in [3.8, 4) is 0 Å². The van der Waals surface area contributed by atoms with E-state index in [0.717, 1.165) is 28.2 Å². The van der Waals surface area contributed by atoms with Crippen LogP contribution in [0.5, 0.6) is 0 Å². The van der Waals surface area contributed by atoms with Gasteiger partial charge in [0.15, 0.2) is 18.3 Å². The van der Waals surface area contributed by atoms with Crippen LogP contribution in [-0.4, -0.2) is 58.9 Å². The molecule has 0 heterocycles. The molecule has 0 bridgehead atoms. The van der Waals surface area contributed by atoms with Gasteiger partial charge in [0.25, 0.3) is 0 Å². The Hall–Kier alpha value is -3.27. The molecule has 3 atom stereocenters. The van der Waals surface area contributed by atoms with Crippen LogP contribution in [0.4, 0.5) is 0 Å². The normalized spacial score (nSPS) is 13.5. The Morgan fingerprint density at radius 3 is 1.33 bits per heavy atom. The average molecular weight is 625 g/mol. The molecule has 0 aromatic heterocycles. The van der Waals surface area contributed by atoms with Gasteiger partial charge in [-0.15, -0.1) is 23.5 Å². The topological polar surface area (TPSA) is 88.1 Å². The van der Waals surface area contributed by atoms with Gasteiger partial charge in [0.1, 0.15) is 5.60 Å².